The Balaban J connectivity index is 3.53. The Kier molecular flexibility index (Phi) is 7.90. The van der Waals surface area contributed by atoms with E-state index in [9.17, 15) is 4.79 Å². The van der Waals surface area contributed by atoms with Crippen molar-refractivity contribution in [3.05, 3.63) is 25.3 Å². The van der Waals surface area contributed by atoms with Crippen LogP contribution in [0.5, 0.6) is 0 Å². The SMILES string of the molecule is C=CC(C=C)OC(=O)CCCCCC. The minimum Gasteiger partial charge on any atom is -0.454 e. The van der Waals surface area contributed by atoms with Gasteiger partial charge in [0.05, 0.1) is 0 Å². The predicted molar refractivity (Wildman–Crippen MR) is 59.0 cm³/mol. The Bertz CT molecular complexity index is 177. The van der Waals surface area contributed by atoms with Crippen LogP contribution in [0.2, 0.25) is 0 Å². The Hall–Kier alpha value is -1.05. The van der Waals surface area contributed by atoms with Gasteiger partial charge in [-0.05, 0) is 18.6 Å². The van der Waals surface area contributed by atoms with Crippen LogP contribution in [0.4, 0.5) is 0 Å². The Morgan fingerprint density at radius 3 is 2.43 bits per heavy atom. The molecule has 0 rings (SSSR count). The summed E-state index contributed by atoms with van der Waals surface area (Å²) in [6.07, 6.45) is 7.66. The fourth-order valence-electron chi connectivity index (χ4n) is 1.10. The normalized spacial score (nSPS) is 9.86. The van der Waals surface area contributed by atoms with E-state index in [0.717, 1.165) is 12.8 Å². The number of carbonyl (C=O) groups excluding carboxylic acids is 1. The molecule has 0 spiro atoms. The highest BCUT2D eigenvalue weighted by atomic mass is 16.5. The lowest BCUT2D eigenvalue weighted by Gasteiger charge is -2.08. The number of ether oxygens (including phenoxy) is 1. The molecule has 2 heteroatoms. The van der Waals surface area contributed by atoms with Crippen molar-refractivity contribution in [2.24, 2.45) is 0 Å². The van der Waals surface area contributed by atoms with Gasteiger partial charge in [-0.1, -0.05) is 39.3 Å². The number of esters is 1. The minimum absolute atomic E-state index is 0.161. The molecule has 0 aromatic rings. The third kappa shape index (κ3) is 6.46. The van der Waals surface area contributed by atoms with E-state index in [1.165, 1.54) is 12.8 Å². The highest BCUT2D eigenvalue weighted by molar-refractivity contribution is 5.69. The quantitative estimate of drug-likeness (QED) is 0.338. The molecule has 0 heterocycles. The van der Waals surface area contributed by atoms with E-state index >= 15 is 0 Å². The summed E-state index contributed by atoms with van der Waals surface area (Å²) in [5.41, 5.74) is 0. The Morgan fingerprint density at radius 1 is 1.29 bits per heavy atom. The average molecular weight is 196 g/mol. The summed E-state index contributed by atoms with van der Waals surface area (Å²) >= 11 is 0. The molecule has 0 saturated carbocycles. The molecule has 0 aromatic heterocycles. The number of unbranched alkanes of at least 4 members (excludes halogenated alkanes) is 3. The molecular formula is C12H20O2. The Morgan fingerprint density at radius 2 is 1.93 bits per heavy atom. The van der Waals surface area contributed by atoms with Crippen LogP contribution in [-0.4, -0.2) is 12.1 Å². The van der Waals surface area contributed by atoms with E-state index in [-0.39, 0.29) is 12.1 Å². The average Bonchev–Trinajstić information content (AvgIpc) is 2.21. The molecule has 0 fully saturated rings. The van der Waals surface area contributed by atoms with Gasteiger partial charge in [-0.15, -0.1) is 0 Å². The molecule has 0 aliphatic heterocycles. The van der Waals surface area contributed by atoms with Gasteiger partial charge in [-0.25, -0.2) is 0 Å². The zero-order valence-corrected chi connectivity index (χ0v) is 9.00. The van der Waals surface area contributed by atoms with Crippen molar-refractivity contribution >= 4 is 5.97 Å². The van der Waals surface area contributed by atoms with E-state index in [4.69, 9.17) is 4.74 Å². The molecular weight excluding hydrogens is 176 g/mol. The molecule has 0 N–H and O–H groups in total. The zero-order valence-electron chi connectivity index (χ0n) is 9.00. The van der Waals surface area contributed by atoms with Crippen molar-refractivity contribution in [2.75, 3.05) is 0 Å². The fourth-order valence-corrected chi connectivity index (χ4v) is 1.10. The van der Waals surface area contributed by atoms with Gasteiger partial charge >= 0.3 is 5.97 Å². The maximum atomic E-state index is 11.2. The van der Waals surface area contributed by atoms with Crippen molar-refractivity contribution in [1.29, 1.82) is 0 Å². The van der Waals surface area contributed by atoms with Crippen LogP contribution in [-0.2, 0) is 9.53 Å². The van der Waals surface area contributed by atoms with Gasteiger partial charge in [-0.3, -0.25) is 4.79 Å². The summed E-state index contributed by atoms with van der Waals surface area (Å²) in [6.45, 7) is 9.23. The summed E-state index contributed by atoms with van der Waals surface area (Å²) in [6, 6.07) is 0. The van der Waals surface area contributed by atoms with Crippen molar-refractivity contribution in [2.45, 2.75) is 45.1 Å². The predicted octanol–water partition coefficient (Wildman–Crippen LogP) is 3.24. The molecule has 0 aliphatic rings. The lowest BCUT2D eigenvalue weighted by molar-refractivity contribution is -0.145. The zero-order chi connectivity index (χ0) is 10.8. The number of rotatable bonds is 8. The van der Waals surface area contributed by atoms with Crippen molar-refractivity contribution < 1.29 is 9.53 Å². The van der Waals surface area contributed by atoms with Crippen LogP contribution in [0, 0.1) is 0 Å². The van der Waals surface area contributed by atoms with Crippen molar-refractivity contribution in [3.63, 3.8) is 0 Å². The second-order valence-corrected chi connectivity index (χ2v) is 3.24. The second-order valence-electron chi connectivity index (χ2n) is 3.24. The van der Waals surface area contributed by atoms with Gasteiger partial charge in [-0.2, -0.15) is 0 Å². The number of hydrogen-bond donors (Lipinski definition) is 0. The van der Waals surface area contributed by atoms with Crippen molar-refractivity contribution in [3.8, 4) is 0 Å². The van der Waals surface area contributed by atoms with E-state index in [2.05, 4.69) is 20.1 Å². The molecule has 0 aliphatic carbocycles. The fraction of sp³-hybridized carbons (Fsp3) is 0.583. The van der Waals surface area contributed by atoms with Crippen LogP contribution in [0.15, 0.2) is 25.3 Å². The van der Waals surface area contributed by atoms with Crippen LogP contribution < -0.4 is 0 Å². The van der Waals surface area contributed by atoms with Crippen LogP contribution in [0.1, 0.15) is 39.0 Å². The first kappa shape index (κ1) is 12.9. The second kappa shape index (κ2) is 8.54. The van der Waals surface area contributed by atoms with Gasteiger partial charge in [0.25, 0.3) is 0 Å². The van der Waals surface area contributed by atoms with Gasteiger partial charge in [0.2, 0.25) is 0 Å². The molecule has 0 bridgehead atoms. The van der Waals surface area contributed by atoms with E-state index < -0.39 is 0 Å². The summed E-state index contributed by atoms with van der Waals surface area (Å²) in [7, 11) is 0. The van der Waals surface area contributed by atoms with Crippen LogP contribution in [0.25, 0.3) is 0 Å². The van der Waals surface area contributed by atoms with E-state index in [1.54, 1.807) is 12.2 Å². The standard InChI is InChI=1S/C12H20O2/c1-4-7-8-9-10-12(13)14-11(5-2)6-3/h5-6,11H,2-4,7-10H2,1H3. The largest absolute Gasteiger partial charge is 0.454 e. The lowest BCUT2D eigenvalue weighted by Crippen LogP contribution is -2.12. The van der Waals surface area contributed by atoms with Crippen molar-refractivity contribution in [1.82, 2.24) is 0 Å². The highest BCUT2D eigenvalue weighted by Gasteiger charge is 2.06. The Labute approximate surface area is 86.6 Å². The van der Waals surface area contributed by atoms with Gasteiger partial charge in [0.1, 0.15) is 6.10 Å². The monoisotopic (exact) mass is 196 g/mol. The summed E-state index contributed by atoms with van der Waals surface area (Å²) < 4.78 is 5.05. The molecule has 0 saturated heterocycles. The lowest BCUT2D eigenvalue weighted by atomic mass is 10.1. The minimum atomic E-state index is -0.339. The molecule has 0 unspecified atom stereocenters. The number of carbonyl (C=O) groups is 1. The summed E-state index contributed by atoms with van der Waals surface area (Å²) in [5, 5.41) is 0. The van der Waals surface area contributed by atoms with E-state index in [0.29, 0.717) is 6.42 Å². The highest BCUT2D eigenvalue weighted by Crippen LogP contribution is 2.05. The van der Waals surface area contributed by atoms with E-state index in [1.807, 2.05) is 0 Å². The van der Waals surface area contributed by atoms with Crippen LogP contribution >= 0.6 is 0 Å². The maximum Gasteiger partial charge on any atom is 0.306 e. The molecule has 80 valence electrons. The molecule has 14 heavy (non-hydrogen) atoms. The number of hydrogen-bond acceptors (Lipinski definition) is 2. The molecule has 0 amide bonds. The molecule has 0 aromatic carbocycles. The van der Waals surface area contributed by atoms with Gasteiger partial charge in [0.15, 0.2) is 0 Å². The summed E-state index contributed by atoms with van der Waals surface area (Å²) in [4.78, 5) is 11.2. The topological polar surface area (TPSA) is 26.3 Å². The van der Waals surface area contributed by atoms with Gasteiger partial charge in [0, 0.05) is 6.42 Å². The third-order valence-corrected chi connectivity index (χ3v) is 1.97. The molecule has 2 nitrogen and oxygen atoms in total. The first-order valence-electron chi connectivity index (χ1n) is 5.19. The summed E-state index contributed by atoms with van der Waals surface area (Å²) in [5.74, 6) is -0.161. The molecule has 0 atom stereocenters. The van der Waals surface area contributed by atoms with Gasteiger partial charge < -0.3 is 4.74 Å². The third-order valence-electron chi connectivity index (χ3n) is 1.97. The first-order valence-corrected chi connectivity index (χ1v) is 5.19. The smallest absolute Gasteiger partial charge is 0.306 e. The molecule has 0 radical (unpaired) electrons. The van der Waals surface area contributed by atoms with Crippen LogP contribution in [0.3, 0.4) is 0 Å². The maximum absolute atomic E-state index is 11.2. The first-order chi connectivity index (χ1) is 6.74.